The quantitative estimate of drug-likeness (QED) is 0.680. The summed E-state index contributed by atoms with van der Waals surface area (Å²) in [7, 11) is 0. The zero-order valence-electron chi connectivity index (χ0n) is 11.7. The number of anilines is 1. The molecule has 1 aromatic carbocycles. The number of hydrogen-bond donors (Lipinski definition) is 1. The Balaban J connectivity index is 1.68. The topological polar surface area (TPSA) is 55.4 Å². The van der Waals surface area contributed by atoms with Crippen molar-refractivity contribution in [1.82, 2.24) is 0 Å². The molecule has 2 aliphatic rings. The molecule has 4 nitrogen and oxygen atoms in total. The third kappa shape index (κ3) is 3.05. The molecule has 0 aromatic heterocycles. The third-order valence-corrected chi connectivity index (χ3v) is 4.74. The summed E-state index contributed by atoms with van der Waals surface area (Å²) in [5, 5.41) is 3.11. The number of halogens is 1. The van der Waals surface area contributed by atoms with Crippen molar-refractivity contribution in [2.24, 2.45) is 11.8 Å². The minimum Gasteiger partial charge on any atom is -0.425 e. The van der Waals surface area contributed by atoms with E-state index in [-0.39, 0.29) is 28.7 Å². The van der Waals surface area contributed by atoms with Crippen LogP contribution in [0.5, 0.6) is 5.75 Å². The molecule has 0 radical (unpaired) electrons. The van der Waals surface area contributed by atoms with Crippen LogP contribution in [0.2, 0.25) is 5.02 Å². The lowest BCUT2D eigenvalue weighted by Gasteiger charge is -2.25. The van der Waals surface area contributed by atoms with Gasteiger partial charge >= 0.3 is 5.97 Å². The lowest BCUT2D eigenvalue weighted by molar-refractivity contribution is -0.141. The maximum absolute atomic E-state index is 12.0. The van der Waals surface area contributed by atoms with Crippen molar-refractivity contribution < 1.29 is 14.3 Å². The molecule has 1 N–H and O–H groups in total. The fourth-order valence-corrected chi connectivity index (χ4v) is 2.64. The van der Waals surface area contributed by atoms with Crippen molar-refractivity contribution >= 4 is 29.2 Å². The van der Waals surface area contributed by atoms with Gasteiger partial charge in [-0.2, -0.15) is 0 Å². The number of rotatable bonds is 4. The molecular formula is C16H18ClNO3. The Bertz CT molecular complexity index is 518. The van der Waals surface area contributed by atoms with Crippen molar-refractivity contribution in [2.75, 3.05) is 5.32 Å². The molecule has 21 heavy (non-hydrogen) atoms. The lowest BCUT2D eigenvalue weighted by Crippen LogP contribution is -2.28. The Labute approximate surface area is 128 Å². The predicted octanol–water partition coefficient (Wildman–Crippen LogP) is 3.78. The number of benzene rings is 1. The minimum atomic E-state index is -0.231. The van der Waals surface area contributed by atoms with Crippen molar-refractivity contribution in [2.45, 2.75) is 38.5 Å². The summed E-state index contributed by atoms with van der Waals surface area (Å²) >= 11 is 6.24. The second-order valence-corrected chi connectivity index (χ2v) is 6.16. The monoisotopic (exact) mass is 307 g/mol. The second-order valence-electron chi connectivity index (χ2n) is 5.78. The van der Waals surface area contributed by atoms with Crippen LogP contribution in [0.3, 0.4) is 0 Å². The third-order valence-electron chi connectivity index (χ3n) is 4.35. The number of amides is 1. The molecule has 0 heterocycles. The van der Waals surface area contributed by atoms with Crippen LogP contribution in [0.1, 0.15) is 38.5 Å². The first kappa shape index (κ1) is 14.4. The Morgan fingerprint density at radius 2 is 1.76 bits per heavy atom. The van der Waals surface area contributed by atoms with E-state index in [0.717, 1.165) is 38.5 Å². The van der Waals surface area contributed by atoms with E-state index in [2.05, 4.69) is 5.32 Å². The Morgan fingerprint density at radius 3 is 2.33 bits per heavy atom. The van der Waals surface area contributed by atoms with E-state index >= 15 is 0 Å². The van der Waals surface area contributed by atoms with E-state index in [0.29, 0.717) is 11.4 Å². The molecule has 2 aliphatic carbocycles. The highest BCUT2D eigenvalue weighted by atomic mass is 35.5. The van der Waals surface area contributed by atoms with Gasteiger partial charge in [-0.15, -0.1) is 0 Å². The number of nitrogens with one attached hydrogen (secondary N) is 1. The number of carbonyl (C=O) groups is 2. The Kier molecular flexibility index (Phi) is 4.15. The summed E-state index contributed by atoms with van der Waals surface area (Å²) in [5.41, 5.74) is 0.507. The van der Waals surface area contributed by atoms with Gasteiger partial charge in [0.1, 0.15) is 5.02 Å². The highest BCUT2D eigenvalue weighted by Crippen LogP contribution is 2.36. The molecule has 0 saturated heterocycles. The molecule has 0 unspecified atom stereocenters. The number of ether oxygens (including phenoxy) is 1. The fraction of sp³-hybridized carbons (Fsp3) is 0.500. The highest BCUT2D eigenvalue weighted by Gasteiger charge is 2.28. The van der Waals surface area contributed by atoms with Crippen LogP contribution in [-0.2, 0) is 9.59 Å². The summed E-state index contributed by atoms with van der Waals surface area (Å²) < 4.78 is 5.35. The van der Waals surface area contributed by atoms with Gasteiger partial charge in [-0.3, -0.25) is 9.59 Å². The van der Waals surface area contributed by atoms with Gasteiger partial charge < -0.3 is 10.1 Å². The van der Waals surface area contributed by atoms with Crippen LogP contribution in [-0.4, -0.2) is 11.9 Å². The molecule has 112 valence electrons. The molecule has 1 amide bonds. The fourth-order valence-electron chi connectivity index (χ4n) is 2.43. The summed E-state index contributed by atoms with van der Waals surface area (Å²) in [6, 6.07) is 5.10. The first-order chi connectivity index (χ1) is 10.1. The van der Waals surface area contributed by atoms with E-state index in [1.54, 1.807) is 18.2 Å². The largest absolute Gasteiger partial charge is 0.425 e. The van der Waals surface area contributed by atoms with E-state index < -0.39 is 0 Å². The van der Waals surface area contributed by atoms with Gasteiger partial charge in [-0.1, -0.05) is 30.5 Å². The average molecular weight is 308 g/mol. The zero-order valence-corrected chi connectivity index (χ0v) is 12.5. The summed E-state index contributed by atoms with van der Waals surface area (Å²) in [6.45, 7) is 0. The molecule has 2 saturated carbocycles. The number of esters is 1. The van der Waals surface area contributed by atoms with Crippen molar-refractivity contribution in [3.63, 3.8) is 0 Å². The van der Waals surface area contributed by atoms with Gasteiger partial charge in [-0.25, -0.2) is 0 Å². The molecule has 0 spiro atoms. The zero-order chi connectivity index (χ0) is 14.8. The van der Waals surface area contributed by atoms with E-state index in [1.807, 2.05) is 0 Å². The first-order valence-electron chi connectivity index (χ1n) is 7.46. The summed E-state index contributed by atoms with van der Waals surface area (Å²) in [4.78, 5) is 23.8. The van der Waals surface area contributed by atoms with E-state index in [1.165, 1.54) is 0 Å². The molecule has 3 rings (SSSR count). The Morgan fingerprint density at radius 1 is 1.10 bits per heavy atom. The SMILES string of the molecule is O=C(Nc1cccc(OC(=O)C2CCC2)c1Cl)C1CCC1. The predicted molar refractivity (Wildman–Crippen MR) is 80.4 cm³/mol. The molecule has 5 heteroatoms. The smallest absolute Gasteiger partial charge is 0.314 e. The van der Waals surface area contributed by atoms with Crippen LogP contribution in [0, 0.1) is 11.8 Å². The standard InChI is InChI=1S/C16H18ClNO3/c17-14-12(18-15(19)10-4-1-5-10)8-3-9-13(14)21-16(20)11-6-2-7-11/h3,8-11H,1-2,4-7H2,(H,18,19). The average Bonchev–Trinajstić information content (AvgIpc) is 2.29. The van der Waals surface area contributed by atoms with Gasteiger partial charge in [0.25, 0.3) is 0 Å². The number of carbonyl (C=O) groups excluding carboxylic acids is 2. The first-order valence-corrected chi connectivity index (χ1v) is 7.84. The maximum Gasteiger partial charge on any atom is 0.314 e. The molecule has 0 atom stereocenters. The van der Waals surface area contributed by atoms with Crippen molar-refractivity contribution in [3.8, 4) is 5.75 Å². The maximum atomic E-state index is 12.0. The molecule has 1 aromatic rings. The van der Waals surface area contributed by atoms with Gasteiger partial charge in [-0.05, 0) is 37.8 Å². The van der Waals surface area contributed by atoms with Crippen LogP contribution in [0.15, 0.2) is 18.2 Å². The van der Waals surface area contributed by atoms with E-state index in [9.17, 15) is 9.59 Å². The summed E-state index contributed by atoms with van der Waals surface area (Å²) in [6.07, 6.45) is 5.80. The van der Waals surface area contributed by atoms with E-state index in [4.69, 9.17) is 16.3 Å². The Hall–Kier alpha value is -1.55. The molecule has 2 fully saturated rings. The van der Waals surface area contributed by atoms with Crippen LogP contribution >= 0.6 is 11.6 Å². The van der Waals surface area contributed by atoms with Crippen LogP contribution in [0.25, 0.3) is 0 Å². The van der Waals surface area contributed by atoms with Crippen LogP contribution in [0.4, 0.5) is 5.69 Å². The second kappa shape index (κ2) is 6.06. The van der Waals surface area contributed by atoms with Crippen molar-refractivity contribution in [1.29, 1.82) is 0 Å². The van der Waals surface area contributed by atoms with Gasteiger partial charge in [0, 0.05) is 5.92 Å². The summed E-state index contributed by atoms with van der Waals surface area (Å²) in [5.74, 6) is 0.160. The van der Waals surface area contributed by atoms with Gasteiger partial charge in [0.2, 0.25) is 5.91 Å². The molecule has 0 bridgehead atoms. The van der Waals surface area contributed by atoms with Gasteiger partial charge in [0.05, 0.1) is 11.6 Å². The molecular weight excluding hydrogens is 290 g/mol. The van der Waals surface area contributed by atoms with Crippen LogP contribution < -0.4 is 10.1 Å². The highest BCUT2D eigenvalue weighted by molar-refractivity contribution is 6.35. The lowest BCUT2D eigenvalue weighted by atomic mass is 9.85. The molecule has 0 aliphatic heterocycles. The van der Waals surface area contributed by atoms with Gasteiger partial charge in [0.15, 0.2) is 5.75 Å². The number of hydrogen-bond acceptors (Lipinski definition) is 3. The normalized spacial score (nSPS) is 18.5. The van der Waals surface area contributed by atoms with Crippen molar-refractivity contribution in [3.05, 3.63) is 23.2 Å². The minimum absolute atomic E-state index is 0.00529.